The highest BCUT2D eigenvalue weighted by molar-refractivity contribution is 6.35. The molecule has 0 spiro atoms. The summed E-state index contributed by atoms with van der Waals surface area (Å²) in [6, 6.07) is 13.2. The lowest BCUT2D eigenvalue weighted by atomic mass is 9.99. The third kappa shape index (κ3) is 2.44. The van der Waals surface area contributed by atoms with Gasteiger partial charge in [0, 0.05) is 21.3 Å². The van der Waals surface area contributed by atoms with Crippen LogP contribution in [0.5, 0.6) is 0 Å². The van der Waals surface area contributed by atoms with Crippen LogP contribution in [0.15, 0.2) is 42.5 Å². The summed E-state index contributed by atoms with van der Waals surface area (Å²) in [5.74, 6) is 0. The van der Waals surface area contributed by atoms with Gasteiger partial charge in [0.2, 0.25) is 0 Å². The van der Waals surface area contributed by atoms with Gasteiger partial charge in [-0.1, -0.05) is 47.5 Å². The Morgan fingerprint density at radius 2 is 1.95 bits per heavy atom. The quantitative estimate of drug-likeness (QED) is 0.875. The number of para-hydroxylation sites is 1. The molecule has 2 aromatic rings. The predicted molar refractivity (Wildman–Crippen MR) is 79.0 cm³/mol. The largest absolute Gasteiger partial charge is 0.386 e. The summed E-state index contributed by atoms with van der Waals surface area (Å²) in [7, 11) is 0. The Hall–Kier alpha value is -1.22. The molecule has 2 unspecified atom stereocenters. The summed E-state index contributed by atoms with van der Waals surface area (Å²) >= 11 is 12.0. The number of rotatable bonds is 2. The fraction of sp³-hybridized carbons (Fsp3) is 0.200. The molecule has 2 N–H and O–H groups in total. The molecular formula is C15H13Cl2NO. The Labute approximate surface area is 122 Å². The summed E-state index contributed by atoms with van der Waals surface area (Å²) in [4.78, 5) is 0. The van der Waals surface area contributed by atoms with Crippen molar-refractivity contribution in [3.63, 3.8) is 0 Å². The first-order valence-electron chi connectivity index (χ1n) is 6.12. The number of nitrogens with one attached hydrogen (secondary N) is 1. The zero-order chi connectivity index (χ0) is 13.4. The van der Waals surface area contributed by atoms with E-state index in [1.165, 1.54) is 5.56 Å². The van der Waals surface area contributed by atoms with Crippen molar-refractivity contribution in [2.75, 3.05) is 5.32 Å². The van der Waals surface area contributed by atoms with E-state index in [4.69, 9.17) is 23.2 Å². The Morgan fingerprint density at radius 3 is 2.68 bits per heavy atom. The molecule has 0 aliphatic carbocycles. The van der Waals surface area contributed by atoms with Gasteiger partial charge in [-0.3, -0.25) is 0 Å². The number of anilines is 1. The van der Waals surface area contributed by atoms with Gasteiger partial charge in [0.25, 0.3) is 0 Å². The second-order valence-electron chi connectivity index (χ2n) is 4.72. The molecule has 1 heterocycles. The number of aliphatic hydroxyl groups excluding tert-OH is 1. The van der Waals surface area contributed by atoms with Crippen molar-refractivity contribution in [2.24, 2.45) is 0 Å². The number of hydrogen-bond acceptors (Lipinski definition) is 2. The molecule has 0 bridgehead atoms. The molecule has 2 atom stereocenters. The van der Waals surface area contributed by atoms with E-state index in [1.54, 1.807) is 18.2 Å². The van der Waals surface area contributed by atoms with Crippen LogP contribution in [0.1, 0.15) is 17.2 Å². The Kier molecular flexibility index (Phi) is 3.40. The maximum absolute atomic E-state index is 10.5. The SMILES string of the molecule is OC(c1ccc(Cl)cc1Cl)C1Cc2ccccc2N1. The average molecular weight is 294 g/mol. The van der Waals surface area contributed by atoms with E-state index in [-0.39, 0.29) is 6.04 Å². The van der Waals surface area contributed by atoms with Crippen molar-refractivity contribution in [1.82, 2.24) is 0 Å². The van der Waals surface area contributed by atoms with Crippen molar-refractivity contribution in [2.45, 2.75) is 18.6 Å². The van der Waals surface area contributed by atoms with Crippen LogP contribution in [0.2, 0.25) is 10.0 Å². The van der Waals surface area contributed by atoms with Crippen molar-refractivity contribution in [3.8, 4) is 0 Å². The van der Waals surface area contributed by atoms with E-state index in [2.05, 4.69) is 11.4 Å². The molecule has 0 saturated carbocycles. The van der Waals surface area contributed by atoms with Crippen molar-refractivity contribution in [3.05, 3.63) is 63.6 Å². The zero-order valence-electron chi connectivity index (χ0n) is 10.1. The molecule has 0 radical (unpaired) electrons. The Balaban J connectivity index is 1.85. The van der Waals surface area contributed by atoms with E-state index < -0.39 is 6.10 Å². The normalized spacial score (nSPS) is 18.8. The zero-order valence-corrected chi connectivity index (χ0v) is 11.6. The number of aliphatic hydroxyl groups is 1. The third-order valence-electron chi connectivity index (χ3n) is 3.46. The number of hydrogen-bond donors (Lipinski definition) is 2. The molecule has 1 aliphatic rings. The number of fused-ring (bicyclic) bond motifs is 1. The molecule has 2 nitrogen and oxygen atoms in total. The smallest absolute Gasteiger partial charge is 0.101 e. The van der Waals surface area contributed by atoms with E-state index in [0.717, 1.165) is 12.1 Å². The fourth-order valence-corrected chi connectivity index (χ4v) is 3.00. The molecule has 0 amide bonds. The molecule has 2 aromatic carbocycles. The van der Waals surface area contributed by atoms with E-state index in [0.29, 0.717) is 15.6 Å². The first-order valence-corrected chi connectivity index (χ1v) is 6.88. The second-order valence-corrected chi connectivity index (χ2v) is 5.57. The Bertz CT molecular complexity index is 590. The molecule has 19 heavy (non-hydrogen) atoms. The lowest BCUT2D eigenvalue weighted by Gasteiger charge is -2.20. The number of benzene rings is 2. The predicted octanol–water partition coefficient (Wildman–Crippen LogP) is 4.06. The average Bonchev–Trinajstić information content (AvgIpc) is 2.81. The minimum Gasteiger partial charge on any atom is -0.386 e. The van der Waals surface area contributed by atoms with Crippen LogP contribution < -0.4 is 5.32 Å². The van der Waals surface area contributed by atoms with Crippen LogP contribution in [0, 0.1) is 0 Å². The van der Waals surface area contributed by atoms with Crippen molar-refractivity contribution < 1.29 is 5.11 Å². The summed E-state index contributed by atoms with van der Waals surface area (Å²) in [6.07, 6.45) is 0.133. The van der Waals surface area contributed by atoms with E-state index in [9.17, 15) is 5.11 Å². The summed E-state index contributed by atoms with van der Waals surface area (Å²) in [5.41, 5.74) is 3.00. The van der Waals surface area contributed by atoms with E-state index >= 15 is 0 Å². The van der Waals surface area contributed by atoms with Crippen LogP contribution in [-0.2, 0) is 6.42 Å². The van der Waals surface area contributed by atoms with Gasteiger partial charge in [0.1, 0.15) is 6.10 Å². The monoisotopic (exact) mass is 293 g/mol. The third-order valence-corrected chi connectivity index (χ3v) is 4.02. The summed E-state index contributed by atoms with van der Waals surface area (Å²) < 4.78 is 0. The van der Waals surface area contributed by atoms with Crippen LogP contribution in [0.4, 0.5) is 5.69 Å². The first-order chi connectivity index (χ1) is 9.15. The van der Waals surface area contributed by atoms with Gasteiger partial charge < -0.3 is 10.4 Å². The van der Waals surface area contributed by atoms with Gasteiger partial charge in [-0.15, -0.1) is 0 Å². The number of halogens is 2. The molecule has 4 heteroatoms. The van der Waals surface area contributed by atoms with Crippen molar-refractivity contribution >= 4 is 28.9 Å². The molecule has 98 valence electrons. The van der Waals surface area contributed by atoms with Gasteiger partial charge in [-0.25, -0.2) is 0 Å². The van der Waals surface area contributed by atoms with Gasteiger partial charge in [-0.05, 0) is 30.2 Å². The van der Waals surface area contributed by atoms with Crippen LogP contribution >= 0.6 is 23.2 Å². The van der Waals surface area contributed by atoms with Gasteiger partial charge in [0.15, 0.2) is 0 Å². The van der Waals surface area contributed by atoms with Gasteiger partial charge in [0.05, 0.1) is 6.04 Å². The van der Waals surface area contributed by atoms with Crippen molar-refractivity contribution in [1.29, 1.82) is 0 Å². The summed E-state index contributed by atoms with van der Waals surface area (Å²) in [5, 5.41) is 14.9. The molecule has 3 rings (SSSR count). The topological polar surface area (TPSA) is 32.3 Å². The lowest BCUT2D eigenvalue weighted by Crippen LogP contribution is -2.25. The maximum atomic E-state index is 10.5. The van der Waals surface area contributed by atoms with Crippen LogP contribution in [-0.4, -0.2) is 11.1 Å². The first kappa shape index (κ1) is 12.8. The Morgan fingerprint density at radius 1 is 1.16 bits per heavy atom. The van der Waals surface area contributed by atoms with Crippen LogP contribution in [0.3, 0.4) is 0 Å². The highest BCUT2D eigenvalue weighted by Crippen LogP contribution is 2.34. The fourth-order valence-electron chi connectivity index (χ4n) is 2.48. The highest BCUT2D eigenvalue weighted by Gasteiger charge is 2.28. The minimum atomic E-state index is -0.655. The van der Waals surface area contributed by atoms with E-state index in [1.807, 2.05) is 18.2 Å². The molecule has 0 fully saturated rings. The second kappa shape index (κ2) is 5.04. The van der Waals surface area contributed by atoms with Crippen LogP contribution in [0.25, 0.3) is 0 Å². The lowest BCUT2D eigenvalue weighted by molar-refractivity contribution is 0.157. The minimum absolute atomic E-state index is 0.0592. The molecule has 1 aliphatic heterocycles. The molecule has 0 saturated heterocycles. The van der Waals surface area contributed by atoms with Gasteiger partial charge >= 0.3 is 0 Å². The highest BCUT2D eigenvalue weighted by atomic mass is 35.5. The summed E-state index contributed by atoms with van der Waals surface area (Å²) in [6.45, 7) is 0. The molecular weight excluding hydrogens is 281 g/mol. The van der Waals surface area contributed by atoms with Gasteiger partial charge in [-0.2, -0.15) is 0 Å². The maximum Gasteiger partial charge on any atom is 0.101 e. The standard InChI is InChI=1S/C15H13Cl2NO/c16-10-5-6-11(12(17)8-10)15(19)14-7-9-3-1-2-4-13(9)18-14/h1-6,8,14-15,18-19H,7H2. The molecule has 0 aromatic heterocycles.